The van der Waals surface area contributed by atoms with E-state index in [1.807, 2.05) is 12.1 Å². The van der Waals surface area contributed by atoms with Gasteiger partial charge >= 0.3 is 0 Å². The summed E-state index contributed by atoms with van der Waals surface area (Å²) in [6, 6.07) is 66.7. The fourth-order valence-corrected chi connectivity index (χ4v) is 8.09. The van der Waals surface area contributed by atoms with Gasteiger partial charge in [-0.3, -0.25) is 0 Å². The van der Waals surface area contributed by atoms with Crippen LogP contribution in [0.4, 0.5) is 17.1 Å². The predicted octanol–water partition coefficient (Wildman–Crippen LogP) is 14.6. The van der Waals surface area contributed by atoms with Gasteiger partial charge in [-0.25, -0.2) is 0 Å². The largest absolute Gasteiger partial charge is 0.456 e. The molecule has 3 heteroatoms. The molecule has 0 radical (unpaired) electrons. The van der Waals surface area contributed by atoms with Crippen molar-refractivity contribution in [3.8, 4) is 22.3 Å². The van der Waals surface area contributed by atoms with E-state index in [-0.39, 0.29) is 0 Å². The highest BCUT2D eigenvalue weighted by atomic mass is 16.3. The molecule has 0 saturated heterocycles. The number of hydrogen-bond donors (Lipinski definition) is 0. The molecule has 0 spiro atoms. The second-order valence-corrected chi connectivity index (χ2v) is 13.7. The third-order valence-corrected chi connectivity index (χ3v) is 10.7. The maximum atomic E-state index is 6.87. The number of fused-ring (bicyclic) bond motifs is 10. The minimum absolute atomic E-state index is 0.879. The van der Waals surface area contributed by atoms with Crippen LogP contribution < -0.4 is 4.90 Å². The molecule has 2 aromatic heterocycles. The number of nitrogens with zero attached hydrogens (tertiary/aromatic N) is 1. The van der Waals surface area contributed by atoms with Crippen molar-refractivity contribution >= 4 is 82.5 Å². The van der Waals surface area contributed by atoms with Gasteiger partial charge in [-0.2, -0.15) is 0 Å². The van der Waals surface area contributed by atoms with E-state index in [1.165, 1.54) is 27.3 Å². The molecule has 11 rings (SSSR count). The second kappa shape index (κ2) is 11.7. The summed E-state index contributed by atoms with van der Waals surface area (Å²) in [6.45, 7) is 0. The topological polar surface area (TPSA) is 29.5 Å². The Bertz CT molecular complexity index is 3150. The minimum atomic E-state index is 0.879. The zero-order valence-corrected chi connectivity index (χ0v) is 28.7. The Morgan fingerprint density at radius 3 is 1.75 bits per heavy atom. The molecule has 0 amide bonds. The molecule has 0 atom stereocenters. The summed E-state index contributed by atoms with van der Waals surface area (Å²) in [5.41, 5.74) is 11.4. The van der Waals surface area contributed by atoms with E-state index in [4.69, 9.17) is 8.83 Å². The first-order valence-corrected chi connectivity index (χ1v) is 18.0. The first kappa shape index (κ1) is 29.6. The van der Waals surface area contributed by atoms with E-state index in [0.717, 1.165) is 77.5 Å². The van der Waals surface area contributed by atoms with Gasteiger partial charge in [0.2, 0.25) is 0 Å². The molecule has 3 nitrogen and oxygen atoms in total. The summed E-state index contributed by atoms with van der Waals surface area (Å²) in [4.78, 5) is 2.32. The van der Waals surface area contributed by atoms with Crippen molar-refractivity contribution < 1.29 is 8.83 Å². The molecule has 248 valence electrons. The summed E-state index contributed by atoms with van der Waals surface area (Å²) >= 11 is 0. The highest BCUT2D eigenvalue weighted by Gasteiger charge is 2.19. The van der Waals surface area contributed by atoms with Gasteiger partial charge in [-0.05, 0) is 87.4 Å². The fourth-order valence-electron chi connectivity index (χ4n) is 8.09. The Kier molecular flexibility index (Phi) is 6.55. The zero-order valence-electron chi connectivity index (χ0n) is 28.7. The van der Waals surface area contributed by atoms with E-state index in [1.54, 1.807) is 0 Å². The first-order valence-electron chi connectivity index (χ1n) is 18.0. The van der Waals surface area contributed by atoms with Crippen molar-refractivity contribution in [3.05, 3.63) is 188 Å². The van der Waals surface area contributed by atoms with Crippen LogP contribution in [0.2, 0.25) is 0 Å². The van der Waals surface area contributed by atoms with Crippen LogP contribution in [-0.2, 0) is 0 Å². The average Bonchev–Trinajstić information content (AvgIpc) is 3.80. The van der Waals surface area contributed by atoms with Gasteiger partial charge in [0.25, 0.3) is 0 Å². The quantitative estimate of drug-likeness (QED) is 0.170. The molecule has 11 aromatic rings. The molecule has 0 aliphatic rings. The van der Waals surface area contributed by atoms with Crippen LogP contribution in [0.25, 0.3) is 87.7 Å². The van der Waals surface area contributed by atoms with E-state index in [9.17, 15) is 0 Å². The third kappa shape index (κ3) is 4.75. The SMILES string of the molecule is c1ccc(-c2ccc(N(c3ccc(-c4cccc5c4oc4c5ccc5ccc6ccccc6c54)cc3)c3ccc4oc5ccccc5c4c3)cc2)cc1. The number of benzene rings is 9. The Hall–Kier alpha value is -7.10. The number of para-hydroxylation sites is 2. The Morgan fingerprint density at radius 2 is 0.925 bits per heavy atom. The van der Waals surface area contributed by atoms with E-state index in [0.29, 0.717) is 0 Å². The van der Waals surface area contributed by atoms with Crippen LogP contribution in [0, 0.1) is 0 Å². The average molecular weight is 678 g/mol. The highest BCUT2D eigenvalue weighted by Crippen LogP contribution is 2.43. The fraction of sp³-hybridized carbons (Fsp3) is 0. The smallest absolute Gasteiger partial charge is 0.143 e. The van der Waals surface area contributed by atoms with Gasteiger partial charge in [-0.15, -0.1) is 0 Å². The van der Waals surface area contributed by atoms with Crippen molar-refractivity contribution in [2.45, 2.75) is 0 Å². The molecule has 53 heavy (non-hydrogen) atoms. The van der Waals surface area contributed by atoms with Gasteiger partial charge in [0, 0.05) is 49.6 Å². The minimum Gasteiger partial charge on any atom is -0.456 e. The molecular weight excluding hydrogens is 647 g/mol. The molecule has 0 saturated carbocycles. The van der Waals surface area contributed by atoms with E-state index >= 15 is 0 Å². The number of furan rings is 2. The van der Waals surface area contributed by atoms with Crippen LogP contribution in [0.5, 0.6) is 0 Å². The van der Waals surface area contributed by atoms with Crippen LogP contribution in [0.1, 0.15) is 0 Å². The first-order chi connectivity index (χ1) is 26.3. The maximum absolute atomic E-state index is 6.87. The summed E-state index contributed by atoms with van der Waals surface area (Å²) < 4.78 is 13.1. The number of hydrogen-bond acceptors (Lipinski definition) is 3. The van der Waals surface area contributed by atoms with Crippen LogP contribution >= 0.6 is 0 Å². The molecule has 0 N–H and O–H groups in total. The number of anilines is 3. The lowest BCUT2D eigenvalue weighted by Crippen LogP contribution is -2.09. The summed E-state index contributed by atoms with van der Waals surface area (Å²) in [5.74, 6) is 0. The van der Waals surface area contributed by atoms with E-state index in [2.05, 4.69) is 181 Å². The predicted molar refractivity (Wildman–Crippen MR) is 222 cm³/mol. The molecule has 0 unspecified atom stereocenters. The highest BCUT2D eigenvalue weighted by molar-refractivity contribution is 6.24. The van der Waals surface area contributed by atoms with E-state index < -0.39 is 0 Å². The Labute approximate surface area is 305 Å². The lowest BCUT2D eigenvalue weighted by atomic mass is 9.98. The summed E-state index contributed by atoms with van der Waals surface area (Å²) in [5, 5.41) is 9.22. The summed E-state index contributed by atoms with van der Waals surface area (Å²) in [7, 11) is 0. The Balaban J connectivity index is 1.05. The van der Waals surface area contributed by atoms with Crippen molar-refractivity contribution in [1.82, 2.24) is 0 Å². The molecule has 0 aliphatic heterocycles. The van der Waals surface area contributed by atoms with Crippen molar-refractivity contribution in [1.29, 1.82) is 0 Å². The van der Waals surface area contributed by atoms with Gasteiger partial charge in [0.15, 0.2) is 0 Å². The monoisotopic (exact) mass is 677 g/mol. The molecule has 2 heterocycles. The molecule has 0 bridgehead atoms. The van der Waals surface area contributed by atoms with Gasteiger partial charge in [-0.1, -0.05) is 133 Å². The van der Waals surface area contributed by atoms with Crippen LogP contribution in [0.15, 0.2) is 197 Å². The summed E-state index contributed by atoms with van der Waals surface area (Å²) in [6.07, 6.45) is 0. The standard InChI is InChI=1S/C50H31NO2/c1-2-9-32(10-3-1)33-19-24-37(25-20-33)51(39-28-30-47-45(31-39)42-13-6-7-16-46(42)52-47)38-26-21-35(22-27-38)41-14-8-15-43-44-29-23-36-18-17-34-11-4-5-12-40(34)48(36)50(44)53-49(41)43/h1-31H. The molecule has 9 aromatic carbocycles. The van der Waals surface area contributed by atoms with Gasteiger partial charge in [0.05, 0.1) is 0 Å². The molecule has 0 fully saturated rings. The third-order valence-electron chi connectivity index (χ3n) is 10.7. The van der Waals surface area contributed by atoms with Gasteiger partial charge in [0.1, 0.15) is 22.3 Å². The van der Waals surface area contributed by atoms with Crippen LogP contribution in [0.3, 0.4) is 0 Å². The maximum Gasteiger partial charge on any atom is 0.143 e. The molecule has 0 aliphatic carbocycles. The Morgan fingerprint density at radius 1 is 0.321 bits per heavy atom. The lowest BCUT2D eigenvalue weighted by molar-refractivity contribution is 0.669. The normalized spacial score (nSPS) is 11.8. The zero-order chi connectivity index (χ0) is 34.9. The lowest BCUT2D eigenvalue weighted by Gasteiger charge is -2.26. The molecular formula is C50H31NO2. The van der Waals surface area contributed by atoms with Crippen LogP contribution in [-0.4, -0.2) is 0 Å². The van der Waals surface area contributed by atoms with Crippen molar-refractivity contribution in [2.24, 2.45) is 0 Å². The van der Waals surface area contributed by atoms with Crippen molar-refractivity contribution in [3.63, 3.8) is 0 Å². The second-order valence-electron chi connectivity index (χ2n) is 13.7. The number of rotatable bonds is 5. The van der Waals surface area contributed by atoms with Crippen molar-refractivity contribution in [2.75, 3.05) is 4.90 Å². The van der Waals surface area contributed by atoms with Gasteiger partial charge < -0.3 is 13.7 Å².